The van der Waals surface area contributed by atoms with Crippen molar-refractivity contribution in [3.8, 4) is 23.0 Å². The standard InChI is InChI=1S/C32H24F4O6/c1-19(2)29(37)39-23-15-11-21(12-16-23)31(33,34)41-27-9-5-8-26-25(27)7-6-10-28(26)42-32(35,36)22-13-17-24(18-14-22)40-30(38)20(3)4/h5-18H,1,3H2,2,4H3. The Labute approximate surface area is 238 Å². The summed E-state index contributed by atoms with van der Waals surface area (Å²) in [6, 6.07) is 17.0. The monoisotopic (exact) mass is 580 g/mol. The molecular weight excluding hydrogens is 556 g/mol. The summed E-state index contributed by atoms with van der Waals surface area (Å²) in [5.74, 6) is -1.89. The Morgan fingerprint density at radius 2 is 0.905 bits per heavy atom. The first-order valence-corrected chi connectivity index (χ1v) is 12.4. The summed E-state index contributed by atoms with van der Waals surface area (Å²) in [5, 5.41) is 0.194. The average Bonchev–Trinajstić information content (AvgIpc) is 2.93. The van der Waals surface area contributed by atoms with E-state index in [9.17, 15) is 9.59 Å². The van der Waals surface area contributed by atoms with Crippen molar-refractivity contribution in [2.45, 2.75) is 26.1 Å². The second kappa shape index (κ2) is 11.8. The zero-order valence-corrected chi connectivity index (χ0v) is 22.5. The number of carbonyl (C=O) groups is 2. The van der Waals surface area contributed by atoms with Crippen LogP contribution in [0, 0.1) is 0 Å². The highest BCUT2D eigenvalue weighted by Gasteiger charge is 2.37. The molecule has 0 aliphatic heterocycles. The zero-order valence-electron chi connectivity index (χ0n) is 22.5. The average molecular weight is 581 g/mol. The predicted octanol–water partition coefficient (Wildman–Crippen LogP) is 8.06. The quantitative estimate of drug-likeness (QED) is 0.0818. The minimum Gasteiger partial charge on any atom is -0.428 e. The van der Waals surface area contributed by atoms with E-state index < -0.39 is 35.3 Å². The molecule has 0 saturated carbocycles. The van der Waals surface area contributed by atoms with Gasteiger partial charge in [-0.25, -0.2) is 9.59 Å². The second-order valence-corrected chi connectivity index (χ2v) is 9.23. The molecule has 0 atom stereocenters. The molecule has 0 amide bonds. The fraction of sp³-hybridized carbons (Fsp3) is 0.125. The molecule has 0 bridgehead atoms. The van der Waals surface area contributed by atoms with Gasteiger partial charge in [0.1, 0.15) is 23.0 Å². The summed E-state index contributed by atoms with van der Waals surface area (Å²) in [6.45, 7) is 9.81. The van der Waals surface area contributed by atoms with Gasteiger partial charge in [0, 0.05) is 21.9 Å². The number of ether oxygens (including phenoxy) is 4. The number of hydrogen-bond donors (Lipinski definition) is 0. The maximum Gasteiger partial charge on any atom is 0.426 e. The number of carbonyl (C=O) groups excluding carboxylic acids is 2. The third-order valence-corrected chi connectivity index (χ3v) is 5.82. The second-order valence-electron chi connectivity index (χ2n) is 9.23. The zero-order chi connectivity index (χ0) is 30.7. The minimum absolute atomic E-state index is 0.0398. The lowest BCUT2D eigenvalue weighted by molar-refractivity contribution is -0.186. The van der Waals surface area contributed by atoms with Gasteiger partial charge in [0.25, 0.3) is 0 Å². The Balaban J connectivity index is 1.55. The molecule has 0 saturated heterocycles. The number of halogens is 4. The van der Waals surface area contributed by atoms with Crippen LogP contribution in [0.25, 0.3) is 10.8 Å². The maximum absolute atomic E-state index is 15.1. The number of alkyl halides is 4. The van der Waals surface area contributed by atoms with E-state index in [4.69, 9.17) is 18.9 Å². The smallest absolute Gasteiger partial charge is 0.426 e. The molecule has 0 fully saturated rings. The van der Waals surface area contributed by atoms with E-state index in [1.165, 1.54) is 74.5 Å². The molecule has 42 heavy (non-hydrogen) atoms. The van der Waals surface area contributed by atoms with Crippen LogP contribution in [0.5, 0.6) is 23.0 Å². The fourth-order valence-electron chi connectivity index (χ4n) is 3.65. The van der Waals surface area contributed by atoms with E-state index in [2.05, 4.69) is 13.2 Å². The molecule has 10 heteroatoms. The van der Waals surface area contributed by atoms with Gasteiger partial charge < -0.3 is 18.9 Å². The summed E-state index contributed by atoms with van der Waals surface area (Å²) in [7, 11) is 0. The van der Waals surface area contributed by atoms with Crippen LogP contribution in [-0.2, 0) is 21.8 Å². The van der Waals surface area contributed by atoms with Crippen LogP contribution >= 0.6 is 0 Å². The van der Waals surface area contributed by atoms with Crippen LogP contribution in [0.1, 0.15) is 25.0 Å². The Bertz CT molecular complexity index is 1540. The lowest BCUT2D eigenvalue weighted by Gasteiger charge is -2.22. The number of hydrogen-bond acceptors (Lipinski definition) is 6. The van der Waals surface area contributed by atoms with E-state index in [0.717, 1.165) is 24.3 Å². The first-order valence-electron chi connectivity index (χ1n) is 12.4. The van der Waals surface area contributed by atoms with E-state index >= 15 is 17.6 Å². The SMILES string of the molecule is C=C(C)C(=O)Oc1ccc(C(F)(F)Oc2cccc3c(OC(F)(F)c4ccc(OC(=O)C(=C)C)cc4)cccc23)cc1. The summed E-state index contributed by atoms with van der Waals surface area (Å²) in [5.41, 5.74) is -0.787. The van der Waals surface area contributed by atoms with Crippen molar-refractivity contribution in [2.75, 3.05) is 0 Å². The largest absolute Gasteiger partial charge is 0.428 e. The number of benzene rings is 4. The highest BCUT2D eigenvalue weighted by atomic mass is 19.3. The van der Waals surface area contributed by atoms with Crippen molar-refractivity contribution >= 4 is 22.7 Å². The highest BCUT2D eigenvalue weighted by Crippen LogP contribution is 2.41. The highest BCUT2D eigenvalue weighted by molar-refractivity contribution is 5.93. The Morgan fingerprint density at radius 1 is 0.571 bits per heavy atom. The van der Waals surface area contributed by atoms with Crippen molar-refractivity contribution in [1.82, 2.24) is 0 Å². The maximum atomic E-state index is 15.1. The topological polar surface area (TPSA) is 71.1 Å². The van der Waals surface area contributed by atoms with Crippen LogP contribution in [0.4, 0.5) is 17.6 Å². The molecule has 0 N–H and O–H groups in total. The van der Waals surface area contributed by atoms with Gasteiger partial charge in [-0.05, 0) is 74.5 Å². The third kappa shape index (κ3) is 6.77. The van der Waals surface area contributed by atoms with Crippen LogP contribution < -0.4 is 18.9 Å². The number of rotatable bonds is 10. The van der Waals surface area contributed by atoms with Gasteiger partial charge in [-0.15, -0.1) is 0 Å². The molecule has 0 heterocycles. The molecule has 0 radical (unpaired) electrons. The minimum atomic E-state index is -3.83. The van der Waals surface area contributed by atoms with Crippen molar-refractivity contribution in [3.05, 3.63) is 120 Å². The van der Waals surface area contributed by atoms with Crippen molar-refractivity contribution < 1.29 is 46.1 Å². The van der Waals surface area contributed by atoms with Crippen LogP contribution in [-0.4, -0.2) is 11.9 Å². The molecule has 0 aromatic heterocycles. The molecule has 216 valence electrons. The van der Waals surface area contributed by atoms with Gasteiger partial charge in [-0.2, -0.15) is 17.6 Å². The van der Waals surface area contributed by atoms with Gasteiger partial charge in [-0.1, -0.05) is 37.4 Å². The molecule has 0 spiro atoms. The lowest BCUT2D eigenvalue weighted by Crippen LogP contribution is -2.22. The molecule has 0 aliphatic carbocycles. The van der Waals surface area contributed by atoms with E-state index in [1.54, 1.807) is 0 Å². The molecule has 6 nitrogen and oxygen atoms in total. The molecule has 0 unspecified atom stereocenters. The number of esters is 2. The summed E-state index contributed by atoms with van der Waals surface area (Å²) < 4.78 is 80.6. The third-order valence-electron chi connectivity index (χ3n) is 5.82. The Hall–Kier alpha value is -5.12. The molecular formula is C32H24F4O6. The van der Waals surface area contributed by atoms with Crippen molar-refractivity contribution in [3.63, 3.8) is 0 Å². The van der Waals surface area contributed by atoms with Crippen LogP contribution in [0.2, 0.25) is 0 Å². The first-order chi connectivity index (χ1) is 19.8. The molecule has 0 aliphatic rings. The lowest BCUT2D eigenvalue weighted by atomic mass is 10.1. The Kier molecular flexibility index (Phi) is 8.37. The van der Waals surface area contributed by atoms with E-state index in [0.29, 0.717) is 0 Å². The summed E-state index contributed by atoms with van der Waals surface area (Å²) >= 11 is 0. The van der Waals surface area contributed by atoms with Gasteiger partial charge >= 0.3 is 24.2 Å². The normalized spacial score (nSPS) is 11.5. The summed E-state index contributed by atoms with van der Waals surface area (Å²) in [6.07, 6.45) is -7.66. The number of fused-ring (bicyclic) bond motifs is 1. The van der Waals surface area contributed by atoms with Crippen molar-refractivity contribution in [1.29, 1.82) is 0 Å². The van der Waals surface area contributed by atoms with Crippen molar-refractivity contribution in [2.24, 2.45) is 0 Å². The van der Waals surface area contributed by atoms with Crippen LogP contribution in [0.15, 0.2) is 109 Å². The van der Waals surface area contributed by atoms with Gasteiger partial charge in [0.05, 0.1) is 11.1 Å². The van der Waals surface area contributed by atoms with Gasteiger partial charge in [0.2, 0.25) is 0 Å². The van der Waals surface area contributed by atoms with E-state index in [-0.39, 0.29) is 44.9 Å². The Morgan fingerprint density at radius 3 is 1.21 bits per heavy atom. The molecule has 4 aromatic carbocycles. The van der Waals surface area contributed by atoms with Gasteiger partial charge in [0.15, 0.2) is 0 Å². The first kappa shape index (κ1) is 29.9. The molecule has 4 aromatic rings. The van der Waals surface area contributed by atoms with E-state index in [1.807, 2.05) is 0 Å². The molecule has 4 rings (SSSR count). The summed E-state index contributed by atoms with van der Waals surface area (Å²) in [4.78, 5) is 23.3. The predicted molar refractivity (Wildman–Crippen MR) is 147 cm³/mol. The van der Waals surface area contributed by atoms with Gasteiger partial charge in [-0.3, -0.25) is 0 Å². The van der Waals surface area contributed by atoms with Crippen LogP contribution in [0.3, 0.4) is 0 Å². The fourth-order valence-corrected chi connectivity index (χ4v) is 3.65.